The Morgan fingerprint density at radius 2 is 1.43 bits per heavy atom. The molecule has 0 saturated heterocycles. The maximum absolute atomic E-state index is 3.78. The minimum absolute atomic E-state index is 0.279. The van der Waals surface area contributed by atoms with E-state index in [1.807, 2.05) is 22.7 Å². The molecule has 0 amide bonds. The summed E-state index contributed by atoms with van der Waals surface area (Å²) in [5.74, 6) is 0. The van der Waals surface area contributed by atoms with E-state index in [0.29, 0.717) is 6.04 Å². The van der Waals surface area contributed by atoms with Crippen molar-refractivity contribution in [3.63, 3.8) is 0 Å². The van der Waals surface area contributed by atoms with E-state index in [4.69, 9.17) is 0 Å². The second-order valence-electron chi connectivity index (χ2n) is 5.26. The number of nitrogens with one attached hydrogen (secondary N) is 1. The topological polar surface area (TPSA) is 12.0 Å². The highest BCUT2D eigenvalue weighted by atomic mass is 32.1. The van der Waals surface area contributed by atoms with Gasteiger partial charge in [0.15, 0.2) is 0 Å². The molecule has 0 unspecified atom stereocenters. The molecule has 108 valence electrons. The van der Waals surface area contributed by atoms with Crippen molar-refractivity contribution in [3.05, 3.63) is 80.2 Å². The van der Waals surface area contributed by atoms with Crippen molar-refractivity contribution in [2.45, 2.75) is 25.9 Å². The molecule has 0 fully saturated rings. The van der Waals surface area contributed by atoms with E-state index in [2.05, 4.69) is 78.5 Å². The van der Waals surface area contributed by atoms with Gasteiger partial charge in [0.05, 0.1) is 6.04 Å². The van der Waals surface area contributed by atoms with Gasteiger partial charge in [0.1, 0.15) is 0 Å². The molecule has 0 radical (unpaired) electrons. The van der Waals surface area contributed by atoms with Crippen LogP contribution in [-0.4, -0.2) is 0 Å². The molecule has 2 aromatic heterocycles. The van der Waals surface area contributed by atoms with Crippen LogP contribution in [0, 0.1) is 6.92 Å². The van der Waals surface area contributed by atoms with Crippen LogP contribution in [0.25, 0.3) is 0 Å². The van der Waals surface area contributed by atoms with Gasteiger partial charge in [0.2, 0.25) is 0 Å². The van der Waals surface area contributed by atoms with Gasteiger partial charge < -0.3 is 0 Å². The molecule has 0 aliphatic carbocycles. The molecule has 0 spiro atoms. The summed E-state index contributed by atoms with van der Waals surface area (Å²) >= 11 is 3.63. The maximum Gasteiger partial charge on any atom is 0.0769 e. The number of rotatable bonds is 5. The fraction of sp³-hybridized carbons (Fsp3) is 0.222. The summed E-state index contributed by atoms with van der Waals surface area (Å²) in [6.07, 6.45) is 0. The Morgan fingerprint density at radius 1 is 0.857 bits per heavy atom. The Labute approximate surface area is 134 Å². The first kappa shape index (κ1) is 14.5. The van der Waals surface area contributed by atoms with Crippen molar-refractivity contribution in [2.75, 3.05) is 0 Å². The van der Waals surface area contributed by atoms with E-state index >= 15 is 0 Å². The fourth-order valence-corrected chi connectivity index (χ4v) is 4.10. The smallest absolute Gasteiger partial charge is 0.0769 e. The van der Waals surface area contributed by atoms with E-state index in [9.17, 15) is 0 Å². The molecule has 0 aliphatic rings. The Kier molecular flexibility index (Phi) is 4.54. The molecular formula is C18H19NS2. The summed E-state index contributed by atoms with van der Waals surface area (Å²) in [5, 5.41) is 8.07. The van der Waals surface area contributed by atoms with Crippen molar-refractivity contribution in [2.24, 2.45) is 0 Å². The quantitative estimate of drug-likeness (QED) is 0.650. The van der Waals surface area contributed by atoms with Crippen LogP contribution in [0.5, 0.6) is 0 Å². The van der Waals surface area contributed by atoms with Crippen LogP contribution in [0.3, 0.4) is 0 Å². The highest BCUT2D eigenvalue weighted by molar-refractivity contribution is 7.11. The molecule has 0 aliphatic heterocycles. The zero-order valence-corrected chi connectivity index (χ0v) is 13.9. The highest BCUT2D eigenvalue weighted by Gasteiger charge is 2.19. The Bertz CT molecular complexity index is 620. The second kappa shape index (κ2) is 6.56. The van der Waals surface area contributed by atoms with Gasteiger partial charge in [-0.1, -0.05) is 42.0 Å². The molecule has 1 atom stereocenters. The van der Waals surface area contributed by atoms with Gasteiger partial charge in [-0.05, 0) is 42.3 Å². The van der Waals surface area contributed by atoms with E-state index in [1.165, 1.54) is 20.9 Å². The molecule has 1 nitrogen and oxygen atoms in total. The Morgan fingerprint density at radius 3 is 1.90 bits per heavy atom. The van der Waals surface area contributed by atoms with Gasteiger partial charge in [0.25, 0.3) is 0 Å². The van der Waals surface area contributed by atoms with Gasteiger partial charge in [0, 0.05) is 15.8 Å². The van der Waals surface area contributed by atoms with E-state index in [0.717, 1.165) is 0 Å². The normalized spacial score (nSPS) is 12.7. The van der Waals surface area contributed by atoms with Crippen LogP contribution >= 0.6 is 22.7 Å². The fourth-order valence-electron chi connectivity index (χ4n) is 2.42. The first-order valence-corrected chi connectivity index (χ1v) is 8.89. The summed E-state index contributed by atoms with van der Waals surface area (Å²) < 4.78 is 0. The second-order valence-corrected chi connectivity index (χ2v) is 7.22. The third-order valence-corrected chi connectivity index (χ3v) is 5.52. The molecule has 21 heavy (non-hydrogen) atoms. The predicted octanol–water partition coefficient (Wildman–Crippen LogP) is 5.56. The largest absolute Gasteiger partial charge is 0.298 e. The summed E-state index contributed by atoms with van der Waals surface area (Å²) in [6.45, 7) is 4.36. The first-order valence-electron chi connectivity index (χ1n) is 7.13. The zero-order chi connectivity index (χ0) is 14.7. The third kappa shape index (κ3) is 3.43. The lowest BCUT2D eigenvalue weighted by molar-refractivity contribution is 0.526. The van der Waals surface area contributed by atoms with Crippen molar-refractivity contribution < 1.29 is 0 Å². The third-order valence-electron chi connectivity index (χ3n) is 3.65. The van der Waals surface area contributed by atoms with Crippen molar-refractivity contribution in [1.82, 2.24) is 5.32 Å². The minimum Gasteiger partial charge on any atom is -0.298 e. The molecule has 1 aromatic carbocycles. The summed E-state index contributed by atoms with van der Waals surface area (Å²) in [6, 6.07) is 18.1. The number of benzene rings is 1. The lowest BCUT2D eigenvalue weighted by atomic mass is 10.0. The average molecular weight is 313 g/mol. The van der Waals surface area contributed by atoms with E-state index in [1.54, 1.807) is 0 Å². The number of hydrogen-bond acceptors (Lipinski definition) is 3. The molecule has 3 rings (SSSR count). The lowest BCUT2D eigenvalue weighted by Crippen LogP contribution is -2.24. The molecule has 2 heterocycles. The van der Waals surface area contributed by atoms with Gasteiger partial charge in [-0.15, -0.1) is 22.7 Å². The number of hydrogen-bond donors (Lipinski definition) is 1. The number of thiophene rings is 2. The maximum atomic E-state index is 3.78. The van der Waals surface area contributed by atoms with E-state index < -0.39 is 0 Å². The van der Waals surface area contributed by atoms with Crippen molar-refractivity contribution >= 4 is 22.7 Å². The zero-order valence-electron chi connectivity index (χ0n) is 12.2. The molecule has 1 N–H and O–H groups in total. The molecule has 0 saturated carbocycles. The van der Waals surface area contributed by atoms with Crippen LogP contribution < -0.4 is 5.32 Å². The van der Waals surface area contributed by atoms with Crippen LogP contribution in [-0.2, 0) is 0 Å². The molecule has 0 bridgehead atoms. The standard InChI is InChI=1S/C18H19NS2/c1-13-7-9-15(10-8-13)14(2)19-18(16-5-3-11-20-16)17-6-4-12-21-17/h3-12,14,18-19H,1-2H3/t14-/m1/s1. The van der Waals surface area contributed by atoms with Gasteiger partial charge in [-0.2, -0.15) is 0 Å². The SMILES string of the molecule is Cc1ccc([C@@H](C)NC(c2cccs2)c2cccs2)cc1. The Balaban J connectivity index is 1.83. The average Bonchev–Trinajstić information content (AvgIpc) is 3.19. The lowest BCUT2D eigenvalue weighted by Gasteiger charge is -2.22. The van der Waals surface area contributed by atoms with Crippen LogP contribution in [0.4, 0.5) is 0 Å². The monoisotopic (exact) mass is 313 g/mol. The highest BCUT2D eigenvalue weighted by Crippen LogP contribution is 2.31. The van der Waals surface area contributed by atoms with Crippen LogP contribution in [0.15, 0.2) is 59.3 Å². The summed E-state index contributed by atoms with van der Waals surface area (Å²) in [5.41, 5.74) is 2.64. The molecule has 3 heteroatoms. The minimum atomic E-state index is 0.279. The first-order chi connectivity index (χ1) is 10.2. The molecule has 3 aromatic rings. The molecular weight excluding hydrogens is 294 g/mol. The number of aryl methyl sites for hydroxylation is 1. The van der Waals surface area contributed by atoms with Gasteiger partial charge in [-0.25, -0.2) is 0 Å². The van der Waals surface area contributed by atoms with Crippen molar-refractivity contribution in [1.29, 1.82) is 0 Å². The predicted molar refractivity (Wildman–Crippen MR) is 93.2 cm³/mol. The van der Waals surface area contributed by atoms with Gasteiger partial charge in [-0.3, -0.25) is 5.32 Å². The van der Waals surface area contributed by atoms with E-state index in [-0.39, 0.29) is 6.04 Å². The van der Waals surface area contributed by atoms with Gasteiger partial charge >= 0.3 is 0 Å². The Hall–Kier alpha value is -1.42. The summed E-state index contributed by atoms with van der Waals surface area (Å²) in [4.78, 5) is 2.74. The summed E-state index contributed by atoms with van der Waals surface area (Å²) in [7, 11) is 0. The van der Waals surface area contributed by atoms with Crippen LogP contribution in [0.2, 0.25) is 0 Å². The van der Waals surface area contributed by atoms with Crippen LogP contribution in [0.1, 0.15) is 39.9 Å². The van der Waals surface area contributed by atoms with Crippen molar-refractivity contribution in [3.8, 4) is 0 Å².